The molecular formula is C20H22N2O2S. The van der Waals surface area contributed by atoms with Crippen molar-refractivity contribution >= 4 is 29.3 Å². The molecule has 1 heterocycles. The summed E-state index contributed by atoms with van der Waals surface area (Å²) in [5.41, 5.74) is 2.47. The molecule has 2 aromatic carbocycles. The number of benzene rings is 2. The number of thioether (sulfide) groups is 1. The number of nitrogens with one attached hydrogen (secondary N) is 1. The van der Waals surface area contributed by atoms with Gasteiger partial charge in [-0.3, -0.25) is 9.59 Å². The van der Waals surface area contributed by atoms with Gasteiger partial charge in [0.25, 0.3) is 5.91 Å². The molecule has 1 unspecified atom stereocenters. The van der Waals surface area contributed by atoms with E-state index in [0.29, 0.717) is 18.5 Å². The van der Waals surface area contributed by atoms with Crippen molar-refractivity contribution in [3.05, 3.63) is 59.7 Å². The average molecular weight is 354 g/mol. The van der Waals surface area contributed by atoms with Gasteiger partial charge in [-0.15, -0.1) is 11.8 Å². The highest BCUT2D eigenvalue weighted by Crippen LogP contribution is 2.27. The predicted molar refractivity (Wildman–Crippen MR) is 102 cm³/mol. The SMILES string of the molecule is CCCC(C(=O)Nc1cccc(SC)c1)N1Cc2ccccc2C1=O. The summed E-state index contributed by atoms with van der Waals surface area (Å²) in [6.07, 6.45) is 3.48. The first-order valence-corrected chi connectivity index (χ1v) is 9.70. The van der Waals surface area contributed by atoms with E-state index < -0.39 is 6.04 Å². The van der Waals surface area contributed by atoms with Crippen molar-refractivity contribution < 1.29 is 9.59 Å². The highest BCUT2D eigenvalue weighted by Gasteiger charge is 2.35. The molecule has 1 atom stereocenters. The highest BCUT2D eigenvalue weighted by molar-refractivity contribution is 7.98. The largest absolute Gasteiger partial charge is 0.324 e. The number of amides is 2. The standard InChI is InChI=1S/C20H22N2O2S/c1-3-7-18(19(23)21-15-9-6-10-16(12-15)25-2)22-13-14-8-4-5-11-17(14)20(22)24/h4-6,8-12,18H,3,7,13H2,1-2H3,(H,21,23). The zero-order chi connectivity index (χ0) is 17.8. The van der Waals surface area contributed by atoms with Crippen molar-refractivity contribution in [3.8, 4) is 0 Å². The first-order valence-electron chi connectivity index (χ1n) is 8.47. The summed E-state index contributed by atoms with van der Waals surface area (Å²) in [6.45, 7) is 2.53. The number of nitrogens with zero attached hydrogens (tertiary/aromatic N) is 1. The number of rotatable bonds is 6. The molecule has 4 nitrogen and oxygen atoms in total. The van der Waals surface area contributed by atoms with Gasteiger partial charge in [-0.2, -0.15) is 0 Å². The maximum Gasteiger partial charge on any atom is 0.255 e. The van der Waals surface area contributed by atoms with Crippen molar-refractivity contribution in [2.45, 2.75) is 37.2 Å². The number of carbonyl (C=O) groups excluding carboxylic acids is 2. The van der Waals surface area contributed by atoms with Gasteiger partial charge in [0.2, 0.25) is 5.91 Å². The number of anilines is 1. The molecule has 1 aliphatic rings. The van der Waals surface area contributed by atoms with E-state index in [4.69, 9.17) is 0 Å². The smallest absolute Gasteiger partial charge is 0.255 e. The third-order valence-corrected chi connectivity index (χ3v) is 5.15. The van der Waals surface area contributed by atoms with Gasteiger partial charge in [0.15, 0.2) is 0 Å². The lowest BCUT2D eigenvalue weighted by Gasteiger charge is -2.26. The van der Waals surface area contributed by atoms with Crippen LogP contribution < -0.4 is 5.32 Å². The van der Waals surface area contributed by atoms with Gasteiger partial charge < -0.3 is 10.2 Å². The Morgan fingerprint density at radius 3 is 2.76 bits per heavy atom. The second kappa shape index (κ2) is 7.74. The Morgan fingerprint density at radius 2 is 2.04 bits per heavy atom. The molecule has 0 saturated carbocycles. The minimum atomic E-state index is -0.456. The lowest BCUT2D eigenvalue weighted by molar-refractivity contribution is -0.120. The molecule has 3 rings (SSSR count). The van der Waals surface area contributed by atoms with Crippen LogP contribution in [0, 0.1) is 0 Å². The third kappa shape index (κ3) is 3.71. The van der Waals surface area contributed by atoms with Crippen LogP contribution in [-0.2, 0) is 11.3 Å². The molecule has 130 valence electrons. The molecule has 0 spiro atoms. The summed E-state index contributed by atoms with van der Waals surface area (Å²) in [7, 11) is 0. The number of fused-ring (bicyclic) bond motifs is 1. The van der Waals surface area contributed by atoms with Crippen LogP contribution in [0.1, 0.15) is 35.7 Å². The summed E-state index contributed by atoms with van der Waals surface area (Å²) in [4.78, 5) is 28.4. The van der Waals surface area contributed by atoms with E-state index in [1.54, 1.807) is 16.7 Å². The van der Waals surface area contributed by atoms with Crippen molar-refractivity contribution in [2.75, 3.05) is 11.6 Å². The van der Waals surface area contributed by atoms with E-state index >= 15 is 0 Å². The van der Waals surface area contributed by atoms with E-state index in [-0.39, 0.29) is 11.8 Å². The van der Waals surface area contributed by atoms with Crippen molar-refractivity contribution in [1.82, 2.24) is 4.90 Å². The third-order valence-electron chi connectivity index (χ3n) is 4.43. The van der Waals surface area contributed by atoms with Crippen LogP contribution in [0.25, 0.3) is 0 Å². The molecule has 25 heavy (non-hydrogen) atoms. The average Bonchev–Trinajstić information content (AvgIpc) is 2.96. The molecule has 2 aromatic rings. The van der Waals surface area contributed by atoms with Gasteiger partial charge in [0, 0.05) is 22.7 Å². The minimum absolute atomic E-state index is 0.0536. The fourth-order valence-corrected chi connectivity index (χ4v) is 3.62. The summed E-state index contributed by atoms with van der Waals surface area (Å²) in [6, 6.07) is 14.9. The summed E-state index contributed by atoms with van der Waals surface area (Å²) in [5, 5.41) is 2.98. The molecule has 0 saturated heterocycles. The van der Waals surface area contributed by atoms with Crippen molar-refractivity contribution in [1.29, 1.82) is 0 Å². The Balaban J connectivity index is 1.79. The van der Waals surface area contributed by atoms with Gasteiger partial charge in [-0.05, 0) is 42.5 Å². The van der Waals surface area contributed by atoms with Crippen LogP contribution in [-0.4, -0.2) is 29.0 Å². The predicted octanol–water partition coefficient (Wildman–Crippen LogP) is 4.17. The summed E-state index contributed by atoms with van der Waals surface area (Å²) >= 11 is 1.63. The maximum atomic E-state index is 12.9. The maximum absolute atomic E-state index is 12.9. The van der Waals surface area contributed by atoms with Crippen molar-refractivity contribution in [3.63, 3.8) is 0 Å². The van der Waals surface area contributed by atoms with Gasteiger partial charge in [-0.25, -0.2) is 0 Å². The second-order valence-corrected chi connectivity index (χ2v) is 7.00. The molecule has 0 fully saturated rings. The molecule has 1 N–H and O–H groups in total. The van der Waals surface area contributed by atoms with Gasteiger partial charge >= 0.3 is 0 Å². The Bertz CT molecular complexity index is 791. The molecular weight excluding hydrogens is 332 g/mol. The normalized spacial score (nSPS) is 14.3. The molecule has 0 aromatic heterocycles. The quantitative estimate of drug-likeness (QED) is 0.792. The van der Waals surface area contributed by atoms with E-state index in [2.05, 4.69) is 5.32 Å². The van der Waals surface area contributed by atoms with Crippen molar-refractivity contribution in [2.24, 2.45) is 0 Å². The van der Waals surface area contributed by atoms with Crippen LogP contribution in [0.5, 0.6) is 0 Å². The topological polar surface area (TPSA) is 49.4 Å². The van der Waals surface area contributed by atoms with Crippen LogP contribution in [0.3, 0.4) is 0 Å². The molecule has 0 bridgehead atoms. The van der Waals surface area contributed by atoms with E-state index in [0.717, 1.165) is 22.6 Å². The Hall–Kier alpha value is -2.27. The Kier molecular flexibility index (Phi) is 5.43. The van der Waals surface area contributed by atoms with Crippen LogP contribution in [0.15, 0.2) is 53.4 Å². The van der Waals surface area contributed by atoms with Crippen LogP contribution in [0.4, 0.5) is 5.69 Å². The lowest BCUT2D eigenvalue weighted by Crippen LogP contribution is -2.44. The monoisotopic (exact) mass is 354 g/mol. The van der Waals surface area contributed by atoms with E-state index in [1.807, 2.05) is 61.7 Å². The molecule has 0 aliphatic carbocycles. The zero-order valence-electron chi connectivity index (χ0n) is 14.5. The lowest BCUT2D eigenvalue weighted by atomic mass is 10.1. The Labute approximate surface area is 152 Å². The Morgan fingerprint density at radius 1 is 1.24 bits per heavy atom. The summed E-state index contributed by atoms with van der Waals surface area (Å²) < 4.78 is 0. The molecule has 0 radical (unpaired) electrons. The first-order chi connectivity index (χ1) is 12.1. The number of hydrogen-bond donors (Lipinski definition) is 1. The van der Waals surface area contributed by atoms with Gasteiger partial charge in [0.1, 0.15) is 6.04 Å². The van der Waals surface area contributed by atoms with Crippen LogP contribution in [0.2, 0.25) is 0 Å². The van der Waals surface area contributed by atoms with Crippen LogP contribution >= 0.6 is 11.8 Å². The highest BCUT2D eigenvalue weighted by atomic mass is 32.2. The minimum Gasteiger partial charge on any atom is -0.324 e. The van der Waals surface area contributed by atoms with Gasteiger partial charge in [0.05, 0.1) is 0 Å². The fraction of sp³-hybridized carbons (Fsp3) is 0.300. The first kappa shape index (κ1) is 17.5. The molecule has 5 heteroatoms. The number of carbonyl (C=O) groups is 2. The summed E-state index contributed by atoms with van der Waals surface area (Å²) in [5.74, 6) is -0.177. The second-order valence-electron chi connectivity index (χ2n) is 6.12. The number of hydrogen-bond acceptors (Lipinski definition) is 3. The van der Waals surface area contributed by atoms with E-state index in [9.17, 15) is 9.59 Å². The molecule has 2 amide bonds. The van der Waals surface area contributed by atoms with Gasteiger partial charge in [-0.1, -0.05) is 37.6 Å². The zero-order valence-corrected chi connectivity index (χ0v) is 15.3. The fourth-order valence-electron chi connectivity index (χ4n) is 3.16. The van der Waals surface area contributed by atoms with E-state index in [1.165, 1.54) is 0 Å². The molecule has 1 aliphatic heterocycles.